The summed E-state index contributed by atoms with van der Waals surface area (Å²) in [4.78, 5) is 13.6. The molecule has 144 valence electrons. The fourth-order valence-corrected chi connectivity index (χ4v) is 4.57. The fourth-order valence-electron chi connectivity index (χ4n) is 2.78. The molecule has 1 aromatic carbocycles. The van der Waals surface area contributed by atoms with Crippen LogP contribution in [-0.2, 0) is 14.8 Å². The molecule has 0 unspecified atom stereocenters. The Balaban J connectivity index is 2.13. The number of rotatable bonds is 5. The Hall–Kier alpha value is -1.41. The number of carbonyl (C=O) groups excluding carboxylic acids is 1. The van der Waals surface area contributed by atoms with Crippen molar-refractivity contribution in [3.8, 4) is 0 Å². The monoisotopic (exact) mass is 399 g/mol. The van der Waals surface area contributed by atoms with Gasteiger partial charge in [0, 0.05) is 33.1 Å². The van der Waals surface area contributed by atoms with Crippen LogP contribution in [0.4, 0.5) is 5.69 Å². The Morgan fingerprint density at radius 2 is 1.92 bits per heavy atom. The molecule has 0 atom stereocenters. The minimum Gasteiger partial charge on any atom is -0.325 e. The number of hydrogen-bond acceptors (Lipinski definition) is 4. The van der Waals surface area contributed by atoms with Gasteiger partial charge in [-0.25, -0.2) is 8.42 Å². The third-order valence-corrected chi connectivity index (χ3v) is 6.40. The van der Waals surface area contributed by atoms with Crippen LogP contribution in [-0.4, -0.2) is 56.3 Å². The molecule has 0 aliphatic carbocycles. The molecule has 6 nitrogen and oxygen atoms in total. The van der Waals surface area contributed by atoms with Crippen LogP contribution in [0, 0.1) is 0 Å². The molecule has 1 heterocycles. The smallest absolute Gasteiger partial charge is 0.243 e. The number of allylic oxidation sites excluding steroid dienone is 1. The van der Waals surface area contributed by atoms with E-state index in [-0.39, 0.29) is 15.8 Å². The average Bonchev–Trinajstić information content (AvgIpc) is 2.80. The van der Waals surface area contributed by atoms with Crippen molar-refractivity contribution >= 4 is 33.2 Å². The van der Waals surface area contributed by atoms with Crippen molar-refractivity contribution in [1.82, 2.24) is 9.21 Å². The van der Waals surface area contributed by atoms with E-state index in [0.29, 0.717) is 25.3 Å². The van der Waals surface area contributed by atoms with Gasteiger partial charge in [0.2, 0.25) is 15.9 Å². The molecule has 0 saturated carbocycles. The zero-order chi connectivity index (χ0) is 19.3. The van der Waals surface area contributed by atoms with Gasteiger partial charge in [0.25, 0.3) is 0 Å². The fraction of sp³-hybridized carbons (Fsp3) is 0.500. The lowest BCUT2D eigenvalue weighted by molar-refractivity contribution is -0.114. The summed E-state index contributed by atoms with van der Waals surface area (Å²) in [5, 5.41) is 2.79. The van der Waals surface area contributed by atoms with Gasteiger partial charge in [0.1, 0.15) is 0 Å². The molecule has 1 fully saturated rings. The van der Waals surface area contributed by atoms with Crippen LogP contribution in [0.3, 0.4) is 0 Å². The number of nitrogens with zero attached hydrogens (tertiary/aromatic N) is 2. The highest BCUT2D eigenvalue weighted by atomic mass is 35.5. The summed E-state index contributed by atoms with van der Waals surface area (Å²) in [6, 6.07) is 4.40. The maximum absolute atomic E-state index is 12.9. The van der Waals surface area contributed by atoms with E-state index in [1.54, 1.807) is 0 Å². The van der Waals surface area contributed by atoms with Crippen LogP contribution < -0.4 is 5.32 Å². The van der Waals surface area contributed by atoms with Gasteiger partial charge in [0.15, 0.2) is 0 Å². The van der Waals surface area contributed by atoms with Crippen LogP contribution in [0.2, 0.25) is 5.02 Å². The third-order valence-electron chi connectivity index (χ3n) is 4.19. The van der Waals surface area contributed by atoms with Gasteiger partial charge in [0.05, 0.1) is 15.6 Å². The van der Waals surface area contributed by atoms with Crippen molar-refractivity contribution < 1.29 is 13.2 Å². The van der Waals surface area contributed by atoms with Crippen molar-refractivity contribution in [2.45, 2.75) is 32.1 Å². The molecule has 1 aliphatic rings. The van der Waals surface area contributed by atoms with Gasteiger partial charge < -0.3 is 5.32 Å². The Kier molecular flexibility index (Phi) is 7.23. The molecule has 0 spiro atoms. The summed E-state index contributed by atoms with van der Waals surface area (Å²) in [5.41, 5.74) is 1.66. The summed E-state index contributed by atoms with van der Waals surface area (Å²) in [5.74, 6) is -0.258. The van der Waals surface area contributed by atoms with E-state index in [9.17, 15) is 13.2 Å². The van der Waals surface area contributed by atoms with Gasteiger partial charge >= 0.3 is 0 Å². The predicted molar refractivity (Wildman–Crippen MR) is 105 cm³/mol. The first kappa shape index (κ1) is 20.9. The van der Waals surface area contributed by atoms with Crippen molar-refractivity contribution in [2.24, 2.45) is 0 Å². The van der Waals surface area contributed by atoms with Crippen molar-refractivity contribution in [1.29, 1.82) is 0 Å². The molecule has 0 radical (unpaired) electrons. The van der Waals surface area contributed by atoms with E-state index < -0.39 is 10.0 Å². The topological polar surface area (TPSA) is 69.7 Å². The molecule has 1 N–H and O–H groups in total. The second-order valence-corrected chi connectivity index (χ2v) is 9.01. The number of sulfonamides is 1. The number of halogens is 1. The largest absolute Gasteiger partial charge is 0.325 e. The van der Waals surface area contributed by atoms with Gasteiger partial charge in [-0.2, -0.15) is 4.31 Å². The molecular weight excluding hydrogens is 374 g/mol. The number of amides is 1. The highest BCUT2D eigenvalue weighted by Crippen LogP contribution is 2.27. The number of benzene rings is 1. The summed E-state index contributed by atoms with van der Waals surface area (Å²) in [7, 11) is -3.61. The van der Waals surface area contributed by atoms with E-state index in [1.807, 2.05) is 0 Å². The first-order valence-corrected chi connectivity index (χ1v) is 10.4. The lowest BCUT2D eigenvalue weighted by Crippen LogP contribution is -2.35. The average molecular weight is 400 g/mol. The Labute approximate surface area is 160 Å². The minimum atomic E-state index is -3.61. The van der Waals surface area contributed by atoms with Crippen LogP contribution in [0.25, 0.3) is 0 Å². The summed E-state index contributed by atoms with van der Waals surface area (Å²) >= 11 is 6.13. The zero-order valence-electron chi connectivity index (χ0n) is 15.5. The van der Waals surface area contributed by atoms with Crippen LogP contribution in [0.15, 0.2) is 34.7 Å². The van der Waals surface area contributed by atoms with Crippen molar-refractivity contribution in [3.05, 3.63) is 34.9 Å². The quantitative estimate of drug-likeness (QED) is 0.773. The first-order valence-electron chi connectivity index (χ1n) is 8.63. The minimum absolute atomic E-state index is 0.148. The maximum Gasteiger partial charge on any atom is 0.243 e. The lowest BCUT2D eigenvalue weighted by atomic mass is 10.3. The molecule has 26 heavy (non-hydrogen) atoms. The second kappa shape index (κ2) is 8.99. The van der Waals surface area contributed by atoms with Crippen LogP contribution in [0.1, 0.15) is 27.2 Å². The second-order valence-electron chi connectivity index (χ2n) is 6.66. The Morgan fingerprint density at radius 3 is 2.54 bits per heavy atom. The van der Waals surface area contributed by atoms with E-state index in [1.165, 1.54) is 35.0 Å². The standard InChI is InChI=1S/C18H26ClN3O3S/c1-14(2)7-10-21-8-4-9-22(12-11-21)26(24,25)16-5-6-18(17(19)13-16)20-15(3)23/h5-7,13H,4,8-12H2,1-3H3,(H,20,23). The van der Waals surface area contributed by atoms with Crippen LogP contribution in [0.5, 0.6) is 0 Å². The van der Waals surface area contributed by atoms with Gasteiger partial charge in [-0.1, -0.05) is 23.3 Å². The van der Waals surface area contributed by atoms with Gasteiger partial charge in [-0.15, -0.1) is 0 Å². The molecular formula is C18H26ClN3O3S. The number of nitrogens with one attached hydrogen (secondary N) is 1. The molecule has 2 rings (SSSR count). The van der Waals surface area contributed by atoms with E-state index in [4.69, 9.17) is 11.6 Å². The molecule has 0 aromatic heterocycles. The van der Waals surface area contributed by atoms with E-state index >= 15 is 0 Å². The van der Waals surface area contributed by atoms with Gasteiger partial charge in [-0.3, -0.25) is 9.69 Å². The molecule has 0 bridgehead atoms. The summed E-state index contributed by atoms with van der Waals surface area (Å²) < 4.78 is 27.4. The summed E-state index contributed by atoms with van der Waals surface area (Å²) in [6.45, 7) is 8.83. The Bertz CT molecular complexity index is 789. The molecule has 1 aromatic rings. The summed E-state index contributed by atoms with van der Waals surface area (Å²) in [6.07, 6.45) is 2.94. The maximum atomic E-state index is 12.9. The van der Waals surface area contributed by atoms with Crippen LogP contribution >= 0.6 is 11.6 Å². The highest BCUT2D eigenvalue weighted by molar-refractivity contribution is 7.89. The zero-order valence-corrected chi connectivity index (χ0v) is 17.0. The number of anilines is 1. The highest BCUT2D eigenvalue weighted by Gasteiger charge is 2.27. The lowest BCUT2D eigenvalue weighted by Gasteiger charge is -2.21. The number of carbonyl (C=O) groups is 1. The first-order chi connectivity index (χ1) is 12.2. The third kappa shape index (κ3) is 5.54. The van der Waals surface area contributed by atoms with Gasteiger partial charge in [-0.05, 0) is 45.0 Å². The van der Waals surface area contributed by atoms with Crippen molar-refractivity contribution in [2.75, 3.05) is 38.0 Å². The number of hydrogen-bond donors (Lipinski definition) is 1. The SMILES string of the molecule is CC(=O)Nc1ccc(S(=O)(=O)N2CCCN(CC=C(C)C)CC2)cc1Cl. The Morgan fingerprint density at radius 1 is 1.19 bits per heavy atom. The van der Waals surface area contributed by atoms with Crippen molar-refractivity contribution in [3.63, 3.8) is 0 Å². The molecule has 1 aliphatic heterocycles. The molecule has 1 saturated heterocycles. The molecule has 8 heteroatoms. The van der Waals surface area contributed by atoms with E-state index in [0.717, 1.165) is 19.5 Å². The predicted octanol–water partition coefficient (Wildman–Crippen LogP) is 2.96. The van der Waals surface area contributed by atoms with E-state index in [2.05, 4.69) is 30.1 Å². The normalized spacial score (nSPS) is 16.8. The molecule has 1 amide bonds.